The van der Waals surface area contributed by atoms with Gasteiger partial charge in [0.1, 0.15) is 11.5 Å². The van der Waals surface area contributed by atoms with Crippen molar-refractivity contribution in [2.45, 2.75) is 18.2 Å². The monoisotopic (exact) mass is 526 g/mol. The number of benzene rings is 3. The molecular weight excluding hydrogens is 500 g/mol. The maximum absolute atomic E-state index is 13.4. The summed E-state index contributed by atoms with van der Waals surface area (Å²) < 4.78 is 28.9. The third kappa shape index (κ3) is 4.74. The molecule has 0 aliphatic heterocycles. The number of nitrogen functional groups attached to an aromatic ring is 1. The summed E-state index contributed by atoms with van der Waals surface area (Å²) in [6, 6.07) is 23.1. The fourth-order valence-corrected chi connectivity index (χ4v) is 5.20. The molecule has 0 unspecified atom stereocenters. The van der Waals surface area contributed by atoms with E-state index in [1.54, 1.807) is 65.5 Å². The number of anilines is 2. The van der Waals surface area contributed by atoms with Crippen molar-refractivity contribution in [1.82, 2.24) is 19.5 Å². The van der Waals surface area contributed by atoms with E-state index in [4.69, 9.17) is 5.73 Å². The quantitative estimate of drug-likeness (QED) is 0.288. The fourth-order valence-electron chi connectivity index (χ4n) is 4.25. The number of hydrogen-bond acceptors (Lipinski definition) is 6. The minimum absolute atomic E-state index is 0.182. The highest BCUT2D eigenvalue weighted by Crippen LogP contribution is 2.29. The van der Waals surface area contributed by atoms with Crippen molar-refractivity contribution in [1.29, 1.82) is 0 Å². The fraction of sp³-hybridized carbons (Fsp3) is 0.107. The van der Waals surface area contributed by atoms with Crippen LogP contribution < -0.4 is 15.8 Å². The van der Waals surface area contributed by atoms with Crippen LogP contribution in [0.5, 0.6) is 0 Å². The molecule has 0 aliphatic carbocycles. The van der Waals surface area contributed by atoms with Crippen LogP contribution in [-0.4, -0.2) is 36.1 Å². The lowest BCUT2D eigenvalue weighted by Crippen LogP contribution is -2.19. The second kappa shape index (κ2) is 10.1. The predicted octanol–water partition coefficient (Wildman–Crippen LogP) is 4.39. The van der Waals surface area contributed by atoms with Crippen LogP contribution in [0.15, 0.2) is 90.0 Å². The Balaban J connectivity index is 1.45. The first-order chi connectivity index (χ1) is 18.3. The topological polar surface area (TPSA) is 132 Å². The summed E-state index contributed by atoms with van der Waals surface area (Å²) in [5.74, 6) is 0.0739. The van der Waals surface area contributed by atoms with Crippen LogP contribution >= 0.6 is 0 Å². The van der Waals surface area contributed by atoms with Crippen molar-refractivity contribution in [2.75, 3.05) is 18.1 Å². The SMILES string of the molecule is CCc1cc(C(=O)Nc2ccc(-c3ccccc3S(=O)(=O)NC)cc2)n(-c2ccc3ccnc(N)c3c2)n1. The Morgan fingerprint density at radius 1 is 1.00 bits per heavy atom. The highest BCUT2D eigenvalue weighted by Gasteiger charge is 2.19. The highest BCUT2D eigenvalue weighted by atomic mass is 32.2. The molecule has 2 heterocycles. The Bertz CT molecular complexity index is 1760. The molecule has 3 aromatic carbocycles. The van der Waals surface area contributed by atoms with Crippen molar-refractivity contribution < 1.29 is 13.2 Å². The van der Waals surface area contributed by atoms with E-state index in [9.17, 15) is 13.2 Å². The molecule has 9 nitrogen and oxygen atoms in total. The van der Waals surface area contributed by atoms with Crippen LogP contribution in [0.4, 0.5) is 11.5 Å². The zero-order chi connectivity index (χ0) is 26.9. The van der Waals surface area contributed by atoms with Crippen molar-refractivity contribution in [3.8, 4) is 16.8 Å². The van der Waals surface area contributed by atoms with Crippen LogP contribution in [0.3, 0.4) is 0 Å². The highest BCUT2D eigenvalue weighted by molar-refractivity contribution is 7.89. The normalized spacial score (nSPS) is 11.5. The molecule has 5 rings (SSSR count). The van der Waals surface area contributed by atoms with Gasteiger partial charge in [0.2, 0.25) is 10.0 Å². The number of carbonyl (C=O) groups is 1. The Morgan fingerprint density at radius 2 is 1.76 bits per heavy atom. The summed E-state index contributed by atoms with van der Waals surface area (Å²) in [4.78, 5) is 17.7. The van der Waals surface area contributed by atoms with Gasteiger partial charge in [-0.3, -0.25) is 4.79 Å². The minimum Gasteiger partial charge on any atom is -0.383 e. The summed E-state index contributed by atoms with van der Waals surface area (Å²) in [7, 11) is -2.25. The number of aryl methyl sites for hydroxylation is 1. The maximum atomic E-state index is 13.4. The number of hydrogen-bond donors (Lipinski definition) is 3. The lowest BCUT2D eigenvalue weighted by Gasteiger charge is -2.12. The van der Waals surface area contributed by atoms with Crippen LogP contribution in [0, 0.1) is 0 Å². The van der Waals surface area contributed by atoms with Crippen LogP contribution in [0.2, 0.25) is 0 Å². The summed E-state index contributed by atoms with van der Waals surface area (Å²) in [6.45, 7) is 1.97. The number of amides is 1. The molecule has 0 radical (unpaired) electrons. The predicted molar refractivity (Wildman–Crippen MR) is 149 cm³/mol. The zero-order valence-corrected chi connectivity index (χ0v) is 21.7. The number of pyridine rings is 1. The largest absolute Gasteiger partial charge is 0.383 e. The zero-order valence-electron chi connectivity index (χ0n) is 20.8. The molecule has 0 saturated carbocycles. The second-order valence-electron chi connectivity index (χ2n) is 8.62. The van der Waals surface area contributed by atoms with E-state index in [1.807, 2.05) is 31.2 Å². The Morgan fingerprint density at radius 3 is 2.50 bits per heavy atom. The third-order valence-electron chi connectivity index (χ3n) is 6.28. The molecule has 10 heteroatoms. The minimum atomic E-state index is -3.63. The van der Waals surface area contributed by atoms with E-state index >= 15 is 0 Å². The molecule has 0 spiro atoms. The summed E-state index contributed by atoms with van der Waals surface area (Å²) in [5, 5.41) is 9.27. The van der Waals surface area contributed by atoms with Crippen molar-refractivity contribution in [3.63, 3.8) is 0 Å². The number of rotatable bonds is 7. The lowest BCUT2D eigenvalue weighted by atomic mass is 10.1. The summed E-state index contributed by atoms with van der Waals surface area (Å²) in [6.07, 6.45) is 2.32. The molecular formula is C28H26N6O3S. The Kier molecular flexibility index (Phi) is 6.66. The second-order valence-corrected chi connectivity index (χ2v) is 10.5. The van der Waals surface area contributed by atoms with Gasteiger partial charge in [-0.1, -0.05) is 43.3 Å². The number of nitrogens with one attached hydrogen (secondary N) is 2. The number of carbonyl (C=O) groups excluding carboxylic acids is 1. The first-order valence-corrected chi connectivity index (χ1v) is 13.5. The molecule has 38 heavy (non-hydrogen) atoms. The van der Waals surface area contributed by atoms with Gasteiger partial charge >= 0.3 is 0 Å². The van der Waals surface area contributed by atoms with Crippen molar-refractivity contribution in [2.24, 2.45) is 0 Å². The van der Waals surface area contributed by atoms with E-state index in [0.29, 0.717) is 40.4 Å². The smallest absolute Gasteiger partial charge is 0.274 e. The van der Waals surface area contributed by atoms with E-state index in [0.717, 1.165) is 16.5 Å². The Labute approximate surface area is 220 Å². The first kappa shape index (κ1) is 25.1. The van der Waals surface area contributed by atoms with Crippen molar-refractivity contribution in [3.05, 3.63) is 96.4 Å². The number of nitrogens with two attached hydrogens (primary N) is 1. The van der Waals surface area contributed by atoms with Gasteiger partial charge in [-0.15, -0.1) is 0 Å². The average molecular weight is 527 g/mol. The average Bonchev–Trinajstić information content (AvgIpc) is 3.38. The molecule has 4 N–H and O–H groups in total. The Hall–Kier alpha value is -4.54. The van der Waals surface area contributed by atoms with Crippen LogP contribution in [-0.2, 0) is 16.4 Å². The molecule has 0 saturated heterocycles. The molecule has 0 fully saturated rings. The van der Waals surface area contributed by atoms with Gasteiger partial charge in [-0.05, 0) is 66.9 Å². The van der Waals surface area contributed by atoms with Gasteiger partial charge in [0.25, 0.3) is 5.91 Å². The maximum Gasteiger partial charge on any atom is 0.274 e. The van der Waals surface area contributed by atoms with Gasteiger partial charge in [0.15, 0.2) is 0 Å². The third-order valence-corrected chi connectivity index (χ3v) is 7.75. The molecule has 2 aromatic heterocycles. The number of nitrogens with zero attached hydrogens (tertiary/aromatic N) is 3. The molecule has 1 amide bonds. The van der Waals surface area contributed by atoms with Crippen LogP contribution in [0.25, 0.3) is 27.6 Å². The summed E-state index contributed by atoms with van der Waals surface area (Å²) in [5.41, 5.74) is 9.74. The molecule has 0 aliphatic rings. The standard InChI is InChI=1S/C28H26N6O3S/c1-3-20-16-25(34(33-20)22-13-10-19-14-15-31-27(29)24(19)17-22)28(35)32-21-11-8-18(9-12-21)23-6-4-5-7-26(23)38(36,37)30-2/h4-17,30H,3H2,1-2H3,(H2,29,31)(H,32,35). The molecule has 0 bridgehead atoms. The van der Waals surface area contributed by atoms with E-state index in [-0.39, 0.29) is 10.8 Å². The number of aromatic nitrogens is 3. The first-order valence-electron chi connectivity index (χ1n) is 12.0. The molecule has 5 aromatic rings. The summed E-state index contributed by atoms with van der Waals surface area (Å²) >= 11 is 0. The molecule has 0 atom stereocenters. The lowest BCUT2D eigenvalue weighted by molar-refractivity contribution is 0.101. The number of sulfonamides is 1. The van der Waals surface area contributed by atoms with Gasteiger partial charge in [0.05, 0.1) is 16.3 Å². The van der Waals surface area contributed by atoms with Crippen molar-refractivity contribution >= 4 is 38.2 Å². The van der Waals surface area contributed by atoms with E-state index in [2.05, 4.69) is 20.1 Å². The van der Waals surface area contributed by atoms with E-state index < -0.39 is 10.0 Å². The number of fused-ring (bicyclic) bond motifs is 1. The molecule has 192 valence electrons. The van der Waals surface area contributed by atoms with Gasteiger partial charge in [0, 0.05) is 22.8 Å². The van der Waals surface area contributed by atoms with Gasteiger partial charge < -0.3 is 11.1 Å². The van der Waals surface area contributed by atoms with E-state index in [1.165, 1.54) is 7.05 Å². The van der Waals surface area contributed by atoms with Crippen LogP contribution in [0.1, 0.15) is 23.1 Å². The van der Waals surface area contributed by atoms with Gasteiger partial charge in [-0.25, -0.2) is 22.8 Å². The van der Waals surface area contributed by atoms with Gasteiger partial charge in [-0.2, -0.15) is 5.10 Å².